The number of benzene rings is 2. The highest BCUT2D eigenvalue weighted by Gasteiger charge is 2.13. The summed E-state index contributed by atoms with van der Waals surface area (Å²) in [6.07, 6.45) is 0. The minimum atomic E-state index is -0.386. The average molecular weight is 252 g/mol. The molecular formula is C16H16N2O. The predicted octanol–water partition coefficient (Wildman–Crippen LogP) is 3.47. The highest BCUT2D eigenvalue weighted by atomic mass is 16.1. The van der Waals surface area contributed by atoms with E-state index in [-0.39, 0.29) is 5.91 Å². The fourth-order valence-electron chi connectivity index (χ4n) is 2.71. The molecule has 2 N–H and O–H groups in total. The van der Waals surface area contributed by atoms with Gasteiger partial charge < -0.3 is 10.3 Å². The number of nitrogens with two attached hydrogens (primary N) is 1. The molecular weight excluding hydrogens is 236 g/mol. The Kier molecular flexibility index (Phi) is 2.56. The first kappa shape index (κ1) is 11.8. The Morgan fingerprint density at radius 1 is 1.05 bits per heavy atom. The first-order valence-electron chi connectivity index (χ1n) is 6.42. The van der Waals surface area contributed by atoms with Crippen LogP contribution in [-0.4, -0.2) is 10.5 Å². The van der Waals surface area contributed by atoms with Gasteiger partial charge in [0.15, 0.2) is 0 Å². The Morgan fingerprint density at radius 2 is 1.74 bits per heavy atom. The van der Waals surface area contributed by atoms with Crippen LogP contribution < -0.4 is 5.73 Å². The number of primary amides is 1. The molecule has 0 aliphatic rings. The van der Waals surface area contributed by atoms with Crippen molar-refractivity contribution in [2.24, 2.45) is 5.73 Å². The van der Waals surface area contributed by atoms with Crippen LogP contribution in [0.25, 0.3) is 21.8 Å². The van der Waals surface area contributed by atoms with Crippen LogP contribution in [0.2, 0.25) is 0 Å². The number of aromatic nitrogens is 1. The first-order valence-corrected chi connectivity index (χ1v) is 6.42. The van der Waals surface area contributed by atoms with Crippen LogP contribution in [0.4, 0.5) is 0 Å². The van der Waals surface area contributed by atoms with Gasteiger partial charge in [-0.15, -0.1) is 0 Å². The van der Waals surface area contributed by atoms with E-state index in [2.05, 4.69) is 30.5 Å². The van der Waals surface area contributed by atoms with Gasteiger partial charge in [-0.3, -0.25) is 4.79 Å². The monoisotopic (exact) mass is 252 g/mol. The lowest BCUT2D eigenvalue weighted by Crippen LogP contribution is -2.10. The van der Waals surface area contributed by atoms with Gasteiger partial charge in [-0.05, 0) is 38.1 Å². The second-order valence-corrected chi connectivity index (χ2v) is 5.08. The van der Waals surface area contributed by atoms with Crippen molar-refractivity contribution in [3.05, 3.63) is 48.0 Å². The van der Waals surface area contributed by atoms with E-state index in [1.165, 1.54) is 5.52 Å². The molecule has 3 aromatic rings. The summed E-state index contributed by atoms with van der Waals surface area (Å²) in [5, 5.41) is 2.25. The number of carbonyl (C=O) groups is 1. The van der Waals surface area contributed by atoms with Gasteiger partial charge in [0.25, 0.3) is 0 Å². The highest BCUT2D eigenvalue weighted by Crippen LogP contribution is 2.32. The lowest BCUT2D eigenvalue weighted by Gasteiger charge is -2.11. The molecule has 1 amide bonds. The van der Waals surface area contributed by atoms with Crippen molar-refractivity contribution in [2.45, 2.75) is 19.9 Å². The number of hydrogen-bond acceptors (Lipinski definition) is 1. The third kappa shape index (κ3) is 1.70. The summed E-state index contributed by atoms with van der Waals surface area (Å²) in [6.45, 7) is 4.32. The smallest absolute Gasteiger partial charge is 0.248 e. The summed E-state index contributed by atoms with van der Waals surface area (Å²) in [6, 6.07) is 14.3. The van der Waals surface area contributed by atoms with Crippen molar-refractivity contribution >= 4 is 27.7 Å². The molecule has 0 bridgehead atoms. The number of fused-ring (bicyclic) bond motifs is 3. The fraction of sp³-hybridized carbons (Fsp3) is 0.188. The summed E-state index contributed by atoms with van der Waals surface area (Å²) in [7, 11) is 0. The van der Waals surface area contributed by atoms with Gasteiger partial charge in [-0.1, -0.05) is 18.2 Å². The standard InChI is InChI=1S/C16H16N2O/c1-10(2)18-14-6-4-3-5-12(14)13-9-11(16(17)19)7-8-15(13)18/h3-10H,1-2H3,(H2,17,19). The molecule has 3 rings (SSSR count). The molecule has 0 aliphatic carbocycles. The molecule has 0 unspecified atom stereocenters. The van der Waals surface area contributed by atoms with E-state index in [9.17, 15) is 4.79 Å². The van der Waals surface area contributed by atoms with E-state index in [0.717, 1.165) is 16.3 Å². The van der Waals surface area contributed by atoms with Crippen molar-refractivity contribution in [3.8, 4) is 0 Å². The summed E-state index contributed by atoms with van der Waals surface area (Å²) in [4.78, 5) is 11.3. The maximum Gasteiger partial charge on any atom is 0.248 e. The van der Waals surface area contributed by atoms with E-state index >= 15 is 0 Å². The molecule has 3 nitrogen and oxygen atoms in total. The number of nitrogens with zero attached hydrogens (tertiary/aromatic N) is 1. The second-order valence-electron chi connectivity index (χ2n) is 5.08. The Bertz CT molecular complexity index is 784. The molecule has 1 heterocycles. The van der Waals surface area contributed by atoms with Crippen LogP contribution in [0.3, 0.4) is 0 Å². The van der Waals surface area contributed by atoms with E-state index in [1.54, 1.807) is 6.07 Å². The molecule has 0 fully saturated rings. The number of carbonyl (C=O) groups excluding carboxylic acids is 1. The highest BCUT2D eigenvalue weighted by molar-refractivity contribution is 6.10. The second kappa shape index (κ2) is 4.12. The Hall–Kier alpha value is -2.29. The summed E-state index contributed by atoms with van der Waals surface area (Å²) in [5.41, 5.74) is 8.25. The Balaban J connectivity index is 2.49. The van der Waals surface area contributed by atoms with Crippen molar-refractivity contribution in [1.82, 2.24) is 4.57 Å². The molecule has 3 heteroatoms. The zero-order valence-electron chi connectivity index (χ0n) is 11.1. The maximum atomic E-state index is 11.3. The van der Waals surface area contributed by atoms with Gasteiger partial charge in [-0.25, -0.2) is 0 Å². The zero-order chi connectivity index (χ0) is 13.6. The van der Waals surface area contributed by atoms with Crippen molar-refractivity contribution in [2.75, 3.05) is 0 Å². The largest absolute Gasteiger partial charge is 0.366 e. The summed E-state index contributed by atoms with van der Waals surface area (Å²) < 4.78 is 2.29. The van der Waals surface area contributed by atoms with Gasteiger partial charge in [0.05, 0.1) is 0 Å². The van der Waals surface area contributed by atoms with Crippen molar-refractivity contribution < 1.29 is 4.79 Å². The van der Waals surface area contributed by atoms with Crippen LogP contribution in [-0.2, 0) is 0 Å². The molecule has 0 aliphatic heterocycles. The molecule has 96 valence electrons. The SMILES string of the molecule is CC(C)n1c2ccccc2c2cc(C(N)=O)ccc21. The summed E-state index contributed by atoms with van der Waals surface area (Å²) >= 11 is 0. The van der Waals surface area contributed by atoms with E-state index < -0.39 is 0 Å². The number of amides is 1. The van der Waals surface area contributed by atoms with Crippen molar-refractivity contribution in [1.29, 1.82) is 0 Å². The maximum absolute atomic E-state index is 11.3. The van der Waals surface area contributed by atoms with Gasteiger partial charge in [0.2, 0.25) is 5.91 Å². The normalized spacial score (nSPS) is 11.5. The Morgan fingerprint density at radius 3 is 2.42 bits per heavy atom. The molecule has 0 spiro atoms. The number of rotatable bonds is 2. The zero-order valence-corrected chi connectivity index (χ0v) is 11.1. The van der Waals surface area contributed by atoms with Gasteiger partial charge in [0.1, 0.15) is 0 Å². The van der Waals surface area contributed by atoms with Crippen LogP contribution in [0.1, 0.15) is 30.2 Å². The molecule has 2 aromatic carbocycles. The molecule has 0 saturated heterocycles. The third-order valence-electron chi connectivity index (χ3n) is 3.51. The lowest BCUT2D eigenvalue weighted by molar-refractivity contribution is 0.100. The van der Waals surface area contributed by atoms with Gasteiger partial charge in [0, 0.05) is 33.4 Å². The van der Waals surface area contributed by atoms with Gasteiger partial charge >= 0.3 is 0 Å². The molecule has 0 atom stereocenters. The quantitative estimate of drug-likeness (QED) is 0.745. The van der Waals surface area contributed by atoms with E-state index in [1.807, 2.05) is 24.3 Å². The van der Waals surface area contributed by atoms with E-state index in [4.69, 9.17) is 5.73 Å². The lowest BCUT2D eigenvalue weighted by atomic mass is 10.1. The van der Waals surface area contributed by atoms with Crippen molar-refractivity contribution in [3.63, 3.8) is 0 Å². The fourth-order valence-corrected chi connectivity index (χ4v) is 2.71. The topological polar surface area (TPSA) is 48.0 Å². The first-order chi connectivity index (χ1) is 9.09. The minimum absolute atomic E-state index is 0.363. The minimum Gasteiger partial charge on any atom is -0.366 e. The summed E-state index contributed by atoms with van der Waals surface area (Å²) in [5.74, 6) is -0.386. The van der Waals surface area contributed by atoms with Crippen LogP contribution >= 0.6 is 0 Å². The third-order valence-corrected chi connectivity index (χ3v) is 3.51. The molecule has 19 heavy (non-hydrogen) atoms. The predicted molar refractivity (Wildman–Crippen MR) is 78.3 cm³/mol. The molecule has 0 radical (unpaired) electrons. The van der Waals surface area contributed by atoms with Crippen LogP contribution in [0.5, 0.6) is 0 Å². The van der Waals surface area contributed by atoms with Crippen LogP contribution in [0.15, 0.2) is 42.5 Å². The molecule has 0 saturated carbocycles. The van der Waals surface area contributed by atoms with E-state index in [0.29, 0.717) is 11.6 Å². The van der Waals surface area contributed by atoms with Gasteiger partial charge in [-0.2, -0.15) is 0 Å². The average Bonchev–Trinajstić information content (AvgIpc) is 2.72. The number of para-hydroxylation sites is 1. The van der Waals surface area contributed by atoms with Crippen LogP contribution in [0, 0.1) is 0 Å². The number of hydrogen-bond donors (Lipinski definition) is 1. The Labute approximate surface area is 111 Å². The molecule has 1 aromatic heterocycles.